The largest absolute Gasteiger partial charge is 0.481 e. The van der Waals surface area contributed by atoms with Crippen LogP contribution < -0.4 is 14.8 Å². The minimum atomic E-state index is -0.833. The average molecular weight is 520 g/mol. The van der Waals surface area contributed by atoms with Gasteiger partial charge >= 0.3 is 0 Å². The molecule has 0 fully saturated rings. The summed E-state index contributed by atoms with van der Waals surface area (Å²) in [7, 11) is 8.28. The van der Waals surface area contributed by atoms with Crippen molar-refractivity contribution in [2.24, 2.45) is 0 Å². The van der Waals surface area contributed by atoms with Crippen LogP contribution in [0.4, 0.5) is 5.69 Å². The number of carbonyl (C=O) groups is 1. The minimum absolute atomic E-state index is 0. The number of rotatable bonds is 2. The monoisotopic (exact) mass is 520 g/mol. The molecule has 0 spiro atoms. The van der Waals surface area contributed by atoms with Crippen molar-refractivity contribution in [1.82, 2.24) is 4.58 Å². The molecular formula is C27H31N2O3Y+. The van der Waals surface area contributed by atoms with Crippen LogP contribution >= 0.6 is 0 Å². The molecule has 2 aliphatic rings. The van der Waals surface area contributed by atoms with Crippen molar-refractivity contribution < 1.29 is 47.0 Å². The second-order valence-electron chi connectivity index (χ2n) is 8.42. The predicted molar refractivity (Wildman–Crippen MR) is 132 cm³/mol. The molecule has 1 aliphatic heterocycles. The number of hydrogen-bond acceptors (Lipinski definition) is 3. The van der Waals surface area contributed by atoms with Gasteiger partial charge in [0.2, 0.25) is 5.36 Å². The summed E-state index contributed by atoms with van der Waals surface area (Å²) in [5, 5.41) is 9.74. The zero-order valence-corrected chi connectivity index (χ0v) is 23.3. The number of anilines is 1. The molecule has 0 atom stereocenters. The molecule has 33 heavy (non-hydrogen) atoms. The topological polar surface area (TPSA) is 56.7 Å². The first kappa shape index (κ1) is 26.8. The second-order valence-corrected chi connectivity index (χ2v) is 8.42. The quantitative estimate of drug-likeness (QED) is 0.298. The van der Waals surface area contributed by atoms with Crippen LogP contribution in [0, 0.1) is 13.8 Å². The van der Waals surface area contributed by atoms with E-state index < -0.39 is 5.97 Å². The molecular weight excluding hydrogens is 489 g/mol. The summed E-state index contributed by atoms with van der Waals surface area (Å²) >= 11 is 0. The Labute approximate surface area is 220 Å². The number of fused-ring (bicyclic) bond motifs is 2. The molecule has 1 radical (unpaired) electrons. The third-order valence-electron chi connectivity index (χ3n) is 5.38. The molecule has 0 saturated heterocycles. The molecule has 1 heterocycles. The fourth-order valence-corrected chi connectivity index (χ4v) is 4.06. The number of aryl methyl sites for hydroxylation is 2. The maximum Gasteiger partial charge on any atom is 0.300 e. The molecule has 0 amide bonds. The summed E-state index contributed by atoms with van der Waals surface area (Å²) in [6, 6.07) is 19.4. The molecule has 0 saturated carbocycles. The van der Waals surface area contributed by atoms with Gasteiger partial charge in [-0.05, 0) is 37.1 Å². The van der Waals surface area contributed by atoms with Crippen LogP contribution in [0.1, 0.15) is 18.1 Å². The molecule has 1 N–H and O–H groups in total. The van der Waals surface area contributed by atoms with Crippen molar-refractivity contribution in [1.29, 1.82) is 0 Å². The van der Waals surface area contributed by atoms with Crippen molar-refractivity contribution in [3.05, 3.63) is 71.1 Å². The smallest absolute Gasteiger partial charge is 0.300 e. The van der Waals surface area contributed by atoms with Crippen LogP contribution in [0.2, 0.25) is 0 Å². The molecule has 2 aromatic rings. The van der Waals surface area contributed by atoms with Crippen LogP contribution in [-0.2, 0) is 37.5 Å². The Bertz CT molecular complexity index is 1320. The third kappa shape index (κ3) is 5.90. The zero-order valence-electron chi connectivity index (χ0n) is 20.4. The summed E-state index contributed by atoms with van der Waals surface area (Å²) in [5.41, 5.74) is 8.17. The van der Waals surface area contributed by atoms with Crippen molar-refractivity contribution in [3.63, 3.8) is 0 Å². The van der Waals surface area contributed by atoms with Gasteiger partial charge in [0.15, 0.2) is 0 Å². The molecule has 5 nitrogen and oxygen atoms in total. The standard InChI is InChI=1S/C25H27N2O.C2H4O2.Y/c1-16-12-19-23(14-21(16)26(3)4)28-24-15-22(27(5)6)17(2)13-20(24)25(19)18-10-8-7-9-11-18;1-2(3)4;/h7-15H,1-6H3;1H3,(H,3,4);/q+1;;. The van der Waals surface area contributed by atoms with E-state index in [1.54, 1.807) is 0 Å². The Morgan fingerprint density at radius 3 is 2.12 bits per heavy atom. The molecule has 0 aromatic heterocycles. The summed E-state index contributed by atoms with van der Waals surface area (Å²) in [4.78, 5) is 11.1. The molecule has 169 valence electrons. The summed E-state index contributed by atoms with van der Waals surface area (Å²) in [5.74, 6) is 0.0780. The number of hydrogen-bond donors (Lipinski definition) is 1. The number of carboxylic acid groups (broad SMARTS) is 1. The molecule has 1 aliphatic carbocycles. The van der Waals surface area contributed by atoms with E-state index in [1.165, 1.54) is 33.3 Å². The first-order valence-electron chi connectivity index (χ1n) is 10.5. The van der Waals surface area contributed by atoms with E-state index in [4.69, 9.17) is 14.3 Å². The molecule has 6 heteroatoms. The van der Waals surface area contributed by atoms with Gasteiger partial charge in [-0.2, -0.15) is 0 Å². The first-order chi connectivity index (χ1) is 15.1. The van der Waals surface area contributed by atoms with Crippen LogP contribution in [0.3, 0.4) is 0 Å². The number of carboxylic acids is 1. The van der Waals surface area contributed by atoms with Gasteiger partial charge in [-0.15, -0.1) is 0 Å². The summed E-state index contributed by atoms with van der Waals surface area (Å²) in [6.07, 6.45) is 0. The van der Waals surface area contributed by atoms with E-state index in [1.807, 2.05) is 0 Å². The average Bonchev–Trinajstić information content (AvgIpc) is 2.71. The maximum atomic E-state index is 9.00. The first-order valence-corrected chi connectivity index (χ1v) is 10.5. The zero-order chi connectivity index (χ0) is 23.6. The normalized spacial score (nSPS) is 10.3. The van der Waals surface area contributed by atoms with E-state index >= 15 is 0 Å². The van der Waals surface area contributed by atoms with Gasteiger partial charge in [-0.3, -0.25) is 4.79 Å². The van der Waals surface area contributed by atoms with Gasteiger partial charge in [-0.25, -0.2) is 4.58 Å². The number of nitrogens with zero attached hydrogens (tertiary/aromatic N) is 2. The third-order valence-corrected chi connectivity index (χ3v) is 5.38. The number of benzene rings is 3. The fourth-order valence-electron chi connectivity index (χ4n) is 4.06. The molecule has 4 rings (SSSR count). The molecule has 0 bridgehead atoms. The van der Waals surface area contributed by atoms with E-state index in [2.05, 4.69) is 106 Å². The van der Waals surface area contributed by atoms with Gasteiger partial charge in [0.05, 0.1) is 6.07 Å². The maximum absolute atomic E-state index is 9.00. The Balaban J connectivity index is 0.000000714. The van der Waals surface area contributed by atoms with Crippen LogP contribution in [0.15, 0.2) is 59.0 Å². The predicted octanol–water partition coefficient (Wildman–Crippen LogP) is 5.01. The summed E-state index contributed by atoms with van der Waals surface area (Å²) < 4.78 is 8.58. The van der Waals surface area contributed by atoms with Crippen LogP contribution in [-0.4, -0.2) is 39.3 Å². The van der Waals surface area contributed by atoms with Gasteiger partial charge in [-0.1, -0.05) is 30.3 Å². The van der Waals surface area contributed by atoms with Crippen LogP contribution in [0.25, 0.3) is 33.4 Å². The Kier molecular flexibility index (Phi) is 8.99. The van der Waals surface area contributed by atoms with E-state index in [0.717, 1.165) is 29.2 Å². The van der Waals surface area contributed by atoms with Gasteiger partial charge in [0.1, 0.15) is 25.4 Å². The van der Waals surface area contributed by atoms with E-state index in [-0.39, 0.29) is 32.7 Å². The minimum Gasteiger partial charge on any atom is -0.481 e. The Morgan fingerprint density at radius 1 is 0.970 bits per heavy atom. The SMILES string of the molecule is CC(=O)O.Cc1cc2c(-c3ccccc3)c3cc(C)c(=[N+](C)C)cc-3oc2cc1N(C)C.[Y]. The van der Waals surface area contributed by atoms with Gasteiger partial charge < -0.3 is 14.4 Å². The van der Waals surface area contributed by atoms with Crippen LogP contribution in [0.5, 0.6) is 0 Å². The Hall–Kier alpha value is -2.50. The van der Waals surface area contributed by atoms with Crippen molar-refractivity contribution in [2.45, 2.75) is 20.8 Å². The van der Waals surface area contributed by atoms with Gasteiger partial charge in [0, 0.05) is 87.6 Å². The van der Waals surface area contributed by atoms with E-state index in [0.29, 0.717) is 0 Å². The fraction of sp³-hybridized carbons (Fsp3) is 0.259. The van der Waals surface area contributed by atoms with Crippen molar-refractivity contribution >= 4 is 22.6 Å². The van der Waals surface area contributed by atoms with Crippen molar-refractivity contribution in [2.75, 3.05) is 33.1 Å². The van der Waals surface area contributed by atoms with Crippen molar-refractivity contribution in [3.8, 4) is 22.5 Å². The molecule has 2 aromatic carbocycles. The Morgan fingerprint density at radius 2 is 1.58 bits per heavy atom. The summed E-state index contributed by atoms with van der Waals surface area (Å²) in [6.45, 7) is 5.41. The van der Waals surface area contributed by atoms with E-state index in [9.17, 15) is 0 Å². The van der Waals surface area contributed by atoms with Gasteiger partial charge in [0.25, 0.3) is 5.97 Å². The second kappa shape index (κ2) is 11.1. The number of aliphatic carboxylic acids is 1. The molecule has 0 unspecified atom stereocenters.